The number of benzene rings is 2. The zero-order valence-corrected chi connectivity index (χ0v) is 14.7. The fourth-order valence-corrected chi connectivity index (χ4v) is 3.07. The molecular weight excluding hydrogens is 286 g/mol. The number of methoxy groups -OCH3 is 1. The summed E-state index contributed by atoms with van der Waals surface area (Å²) < 4.78 is 5.24. The smallest absolute Gasteiger partial charge is 0.118 e. The summed E-state index contributed by atoms with van der Waals surface area (Å²) in [5.74, 6) is 0.828. The minimum absolute atomic E-state index is 0.0357. The number of ether oxygens (including phenoxy) is 1. The summed E-state index contributed by atoms with van der Waals surface area (Å²) in [4.78, 5) is 2.10. The molecule has 0 spiro atoms. The van der Waals surface area contributed by atoms with Gasteiger partial charge in [0.2, 0.25) is 0 Å². The third-order valence-electron chi connectivity index (χ3n) is 4.37. The minimum Gasteiger partial charge on any atom is -0.497 e. The first-order chi connectivity index (χ1) is 10.9. The van der Waals surface area contributed by atoms with E-state index in [2.05, 4.69) is 18.7 Å². The summed E-state index contributed by atoms with van der Waals surface area (Å²) >= 11 is 0. The molecular formula is C20H27NO2. The Labute approximate surface area is 139 Å². The lowest BCUT2D eigenvalue weighted by molar-refractivity contribution is 0.0134. The van der Waals surface area contributed by atoms with Gasteiger partial charge in [0.15, 0.2) is 0 Å². The third kappa shape index (κ3) is 3.74. The van der Waals surface area contributed by atoms with Crippen LogP contribution in [0, 0.1) is 12.8 Å². The number of aliphatic hydroxyl groups is 1. The van der Waals surface area contributed by atoms with Crippen LogP contribution in [-0.2, 0) is 5.60 Å². The van der Waals surface area contributed by atoms with Crippen molar-refractivity contribution >= 4 is 0 Å². The number of aryl methyl sites for hydroxylation is 1. The highest BCUT2D eigenvalue weighted by atomic mass is 16.5. The molecule has 0 aliphatic rings. The molecule has 0 bridgehead atoms. The third-order valence-corrected chi connectivity index (χ3v) is 4.37. The normalized spacial score (nSPS) is 15.3. The van der Waals surface area contributed by atoms with Crippen LogP contribution >= 0.6 is 0 Å². The summed E-state index contributed by atoms with van der Waals surface area (Å²) in [6.07, 6.45) is 0. The van der Waals surface area contributed by atoms with Gasteiger partial charge in [-0.2, -0.15) is 0 Å². The summed E-state index contributed by atoms with van der Waals surface area (Å²) in [6.45, 7) is 4.93. The lowest BCUT2D eigenvalue weighted by atomic mass is 9.76. The summed E-state index contributed by atoms with van der Waals surface area (Å²) in [5, 5.41) is 11.7. The predicted molar refractivity (Wildman–Crippen MR) is 94.9 cm³/mol. The van der Waals surface area contributed by atoms with E-state index in [0.29, 0.717) is 0 Å². The molecule has 0 heterocycles. The average molecular weight is 313 g/mol. The zero-order valence-electron chi connectivity index (χ0n) is 14.7. The molecule has 0 aliphatic heterocycles. The zero-order chi connectivity index (χ0) is 17.0. The molecule has 2 aromatic carbocycles. The van der Waals surface area contributed by atoms with E-state index in [9.17, 15) is 5.11 Å². The quantitative estimate of drug-likeness (QED) is 0.887. The van der Waals surface area contributed by atoms with Gasteiger partial charge in [-0.05, 0) is 44.3 Å². The minimum atomic E-state index is -1.04. The van der Waals surface area contributed by atoms with E-state index in [1.54, 1.807) is 7.11 Å². The molecule has 2 rings (SSSR count). The van der Waals surface area contributed by atoms with Gasteiger partial charge < -0.3 is 14.7 Å². The van der Waals surface area contributed by atoms with Crippen LogP contribution in [0.1, 0.15) is 23.6 Å². The number of rotatable bonds is 6. The first kappa shape index (κ1) is 17.5. The lowest BCUT2D eigenvalue weighted by Gasteiger charge is -2.37. The first-order valence-electron chi connectivity index (χ1n) is 7.96. The molecule has 0 amide bonds. The maximum Gasteiger partial charge on any atom is 0.118 e. The second-order valence-electron chi connectivity index (χ2n) is 6.52. The van der Waals surface area contributed by atoms with Crippen molar-refractivity contribution in [3.63, 3.8) is 0 Å². The Bertz CT molecular complexity index is 619. The molecule has 0 saturated heterocycles. The van der Waals surface area contributed by atoms with Crippen LogP contribution in [-0.4, -0.2) is 37.8 Å². The second kappa shape index (κ2) is 7.16. The standard InChI is InChI=1S/C20H27NO2/c1-15-6-8-17(9-7-15)20(22,16(2)14-21(3)4)18-10-12-19(23-5)13-11-18/h6-13,16,22H,14H2,1-5H3. The Morgan fingerprint density at radius 3 is 1.91 bits per heavy atom. The van der Waals surface area contributed by atoms with Gasteiger partial charge in [0.25, 0.3) is 0 Å². The second-order valence-corrected chi connectivity index (χ2v) is 6.52. The van der Waals surface area contributed by atoms with Crippen LogP contribution in [0.25, 0.3) is 0 Å². The maximum absolute atomic E-state index is 11.7. The number of hydrogen-bond acceptors (Lipinski definition) is 3. The largest absolute Gasteiger partial charge is 0.497 e. The van der Waals surface area contributed by atoms with E-state index in [1.165, 1.54) is 5.56 Å². The molecule has 3 nitrogen and oxygen atoms in total. The predicted octanol–water partition coefficient (Wildman–Crippen LogP) is 3.44. The van der Waals surface area contributed by atoms with E-state index in [0.717, 1.165) is 23.4 Å². The molecule has 2 atom stereocenters. The summed E-state index contributed by atoms with van der Waals surface area (Å²) in [6, 6.07) is 15.8. The van der Waals surface area contributed by atoms with Gasteiger partial charge in [0, 0.05) is 12.5 Å². The monoisotopic (exact) mass is 313 g/mol. The van der Waals surface area contributed by atoms with Crippen molar-refractivity contribution in [2.75, 3.05) is 27.7 Å². The summed E-state index contributed by atoms with van der Waals surface area (Å²) in [5.41, 5.74) is 1.95. The molecule has 0 radical (unpaired) electrons. The molecule has 0 saturated carbocycles. The molecule has 3 heteroatoms. The Balaban J connectivity index is 2.50. The van der Waals surface area contributed by atoms with Crippen molar-refractivity contribution < 1.29 is 9.84 Å². The highest BCUT2D eigenvalue weighted by molar-refractivity contribution is 5.40. The van der Waals surface area contributed by atoms with Gasteiger partial charge in [-0.25, -0.2) is 0 Å². The van der Waals surface area contributed by atoms with Crippen LogP contribution < -0.4 is 4.74 Å². The van der Waals surface area contributed by atoms with E-state index < -0.39 is 5.60 Å². The van der Waals surface area contributed by atoms with Crippen LogP contribution in [0.3, 0.4) is 0 Å². The van der Waals surface area contributed by atoms with Crippen molar-refractivity contribution in [2.45, 2.75) is 19.4 Å². The molecule has 2 unspecified atom stereocenters. The van der Waals surface area contributed by atoms with E-state index in [4.69, 9.17) is 4.74 Å². The van der Waals surface area contributed by atoms with Gasteiger partial charge in [-0.15, -0.1) is 0 Å². The van der Waals surface area contributed by atoms with Crippen molar-refractivity contribution in [3.8, 4) is 5.75 Å². The molecule has 0 aromatic heterocycles. The Kier molecular flexibility index (Phi) is 5.45. The Hall–Kier alpha value is -1.84. The number of hydrogen-bond donors (Lipinski definition) is 1. The van der Waals surface area contributed by atoms with Crippen molar-refractivity contribution in [1.82, 2.24) is 4.90 Å². The van der Waals surface area contributed by atoms with Gasteiger partial charge in [0.1, 0.15) is 11.4 Å². The fourth-order valence-electron chi connectivity index (χ4n) is 3.07. The average Bonchev–Trinajstić information content (AvgIpc) is 2.54. The van der Waals surface area contributed by atoms with Crippen LogP contribution in [0.2, 0.25) is 0 Å². The molecule has 1 N–H and O–H groups in total. The molecule has 124 valence electrons. The van der Waals surface area contributed by atoms with E-state index in [-0.39, 0.29) is 5.92 Å². The maximum atomic E-state index is 11.7. The van der Waals surface area contributed by atoms with Crippen LogP contribution in [0.4, 0.5) is 0 Å². The highest BCUT2D eigenvalue weighted by Crippen LogP contribution is 2.37. The van der Waals surface area contributed by atoms with E-state index >= 15 is 0 Å². The SMILES string of the molecule is COc1ccc(C(O)(c2ccc(C)cc2)C(C)CN(C)C)cc1. The molecule has 0 aliphatic carbocycles. The van der Waals surface area contributed by atoms with Gasteiger partial charge in [-0.3, -0.25) is 0 Å². The molecule has 2 aromatic rings. The highest BCUT2D eigenvalue weighted by Gasteiger charge is 2.37. The van der Waals surface area contributed by atoms with Crippen molar-refractivity contribution in [1.29, 1.82) is 0 Å². The van der Waals surface area contributed by atoms with Gasteiger partial charge in [0.05, 0.1) is 7.11 Å². The van der Waals surface area contributed by atoms with Crippen LogP contribution in [0.15, 0.2) is 48.5 Å². The Morgan fingerprint density at radius 1 is 1.00 bits per heavy atom. The van der Waals surface area contributed by atoms with Crippen molar-refractivity contribution in [3.05, 3.63) is 65.2 Å². The van der Waals surface area contributed by atoms with Gasteiger partial charge >= 0.3 is 0 Å². The fraction of sp³-hybridized carbons (Fsp3) is 0.400. The molecule has 23 heavy (non-hydrogen) atoms. The summed E-state index contributed by atoms with van der Waals surface area (Å²) in [7, 11) is 5.70. The van der Waals surface area contributed by atoms with E-state index in [1.807, 2.05) is 62.6 Å². The lowest BCUT2D eigenvalue weighted by Crippen LogP contribution is -2.40. The van der Waals surface area contributed by atoms with Gasteiger partial charge in [-0.1, -0.05) is 48.9 Å². The first-order valence-corrected chi connectivity index (χ1v) is 7.96. The Morgan fingerprint density at radius 2 is 1.48 bits per heavy atom. The topological polar surface area (TPSA) is 32.7 Å². The van der Waals surface area contributed by atoms with Crippen LogP contribution in [0.5, 0.6) is 5.75 Å². The number of nitrogens with zero attached hydrogens (tertiary/aromatic N) is 1. The molecule has 0 fully saturated rings. The van der Waals surface area contributed by atoms with Crippen molar-refractivity contribution in [2.24, 2.45) is 5.92 Å².